The van der Waals surface area contributed by atoms with E-state index in [1.165, 1.54) is 12.1 Å². The average Bonchev–Trinajstić information content (AvgIpc) is 2.58. The van der Waals surface area contributed by atoms with Gasteiger partial charge in [-0.25, -0.2) is 9.37 Å². The standard InChI is InChI=1S/C17H19FN4O3/c1-11-3-2-4-12(17(11)18)22-15(9-13(19)23)20-14(10-16(22)24)21-5-7-25-8-6-21/h2-4,10H,5-9H2,1H3,(H2,19,23). The van der Waals surface area contributed by atoms with Gasteiger partial charge in [0.15, 0.2) is 0 Å². The summed E-state index contributed by atoms with van der Waals surface area (Å²) in [5, 5.41) is 0. The molecule has 0 bridgehead atoms. The molecule has 0 unspecified atom stereocenters. The fourth-order valence-electron chi connectivity index (χ4n) is 2.81. The number of carbonyl (C=O) groups excluding carboxylic acids is 1. The van der Waals surface area contributed by atoms with Gasteiger partial charge >= 0.3 is 0 Å². The predicted octanol–water partition coefficient (Wildman–Crippen LogP) is 0.544. The van der Waals surface area contributed by atoms with E-state index >= 15 is 0 Å². The Morgan fingerprint density at radius 2 is 2.08 bits per heavy atom. The smallest absolute Gasteiger partial charge is 0.260 e. The molecule has 132 valence electrons. The van der Waals surface area contributed by atoms with Crippen molar-refractivity contribution in [1.29, 1.82) is 0 Å². The highest BCUT2D eigenvalue weighted by molar-refractivity contribution is 5.76. The van der Waals surface area contributed by atoms with Gasteiger partial charge in [-0.1, -0.05) is 12.1 Å². The van der Waals surface area contributed by atoms with E-state index in [2.05, 4.69) is 4.98 Å². The van der Waals surface area contributed by atoms with E-state index in [4.69, 9.17) is 10.5 Å². The van der Waals surface area contributed by atoms with Gasteiger partial charge in [0.05, 0.1) is 25.3 Å². The van der Waals surface area contributed by atoms with Crippen LogP contribution < -0.4 is 16.2 Å². The van der Waals surface area contributed by atoms with Crippen molar-refractivity contribution < 1.29 is 13.9 Å². The Balaban J connectivity index is 2.15. The Morgan fingerprint density at radius 3 is 2.76 bits per heavy atom. The van der Waals surface area contributed by atoms with Crippen molar-refractivity contribution in [3.63, 3.8) is 0 Å². The summed E-state index contributed by atoms with van der Waals surface area (Å²) in [5.74, 6) is -0.621. The van der Waals surface area contributed by atoms with Crippen LogP contribution in [0.5, 0.6) is 0 Å². The Labute approximate surface area is 143 Å². The van der Waals surface area contributed by atoms with Gasteiger partial charge in [-0.3, -0.25) is 14.2 Å². The zero-order valence-electron chi connectivity index (χ0n) is 13.9. The lowest BCUT2D eigenvalue weighted by molar-refractivity contribution is -0.117. The van der Waals surface area contributed by atoms with Crippen molar-refractivity contribution in [1.82, 2.24) is 9.55 Å². The molecule has 2 heterocycles. The molecule has 1 aliphatic heterocycles. The highest BCUT2D eigenvalue weighted by Crippen LogP contribution is 2.19. The SMILES string of the molecule is Cc1cccc(-n2c(CC(N)=O)nc(N3CCOCC3)cc2=O)c1F. The molecular formula is C17H19FN4O3. The molecule has 2 aromatic rings. The lowest BCUT2D eigenvalue weighted by atomic mass is 10.2. The maximum absolute atomic E-state index is 14.5. The second-order valence-corrected chi connectivity index (χ2v) is 5.85. The van der Waals surface area contributed by atoms with Gasteiger partial charge in [-0.15, -0.1) is 0 Å². The number of hydrogen-bond donors (Lipinski definition) is 1. The number of nitrogens with zero attached hydrogens (tertiary/aromatic N) is 3. The number of morpholine rings is 1. The van der Waals surface area contributed by atoms with Crippen LogP contribution in [0, 0.1) is 12.7 Å². The van der Waals surface area contributed by atoms with E-state index < -0.39 is 17.3 Å². The monoisotopic (exact) mass is 346 g/mol. The van der Waals surface area contributed by atoms with E-state index in [-0.39, 0.29) is 17.9 Å². The lowest BCUT2D eigenvalue weighted by Gasteiger charge is -2.28. The van der Waals surface area contributed by atoms with Crippen LogP contribution in [0.25, 0.3) is 5.69 Å². The van der Waals surface area contributed by atoms with Crippen LogP contribution in [-0.2, 0) is 16.0 Å². The first-order valence-corrected chi connectivity index (χ1v) is 7.97. The Kier molecular flexibility index (Phi) is 4.80. The number of ether oxygens (including phenoxy) is 1. The van der Waals surface area contributed by atoms with Gasteiger partial charge < -0.3 is 15.4 Å². The van der Waals surface area contributed by atoms with Crippen LogP contribution in [0.4, 0.5) is 10.2 Å². The number of halogens is 1. The first-order chi connectivity index (χ1) is 12.0. The molecule has 1 aromatic heterocycles. The molecular weight excluding hydrogens is 327 g/mol. The summed E-state index contributed by atoms with van der Waals surface area (Å²) in [6.45, 7) is 3.84. The van der Waals surface area contributed by atoms with Crippen molar-refractivity contribution >= 4 is 11.7 Å². The molecule has 1 aliphatic rings. The normalized spacial score (nSPS) is 14.6. The Hall–Kier alpha value is -2.74. The van der Waals surface area contributed by atoms with Crippen LogP contribution in [0.3, 0.4) is 0 Å². The third-order valence-corrected chi connectivity index (χ3v) is 4.05. The highest BCUT2D eigenvalue weighted by Gasteiger charge is 2.20. The van der Waals surface area contributed by atoms with E-state index in [1.54, 1.807) is 19.1 Å². The predicted molar refractivity (Wildman–Crippen MR) is 90.5 cm³/mol. The number of aryl methyl sites for hydroxylation is 1. The van der Waals surface area contributed by atoms with Crippen molar-refractivity contribution in [3.05, 3.63) is 51.8 Å². The van der Waals surface area contributed by atoms with Gasteiger partial charge in [-0.05, 0) is 18.6 Å². The summed E-state index contributed by atoms with van der Waals surface area (Å²) in [6, 6.07) is 6.07. The molecule has 1 aromatic carbocycles. The number of amides is 1. The number of carbonyl (C=O) groups is 1. The molecule has 1 amide bonds. The van der Waals surface area contributed by atoms with Gasteiger partial charge in [0.25, 0.3) is 5.56 Å². The van der Waals surface area contributed by atoms with Crippen molar-refractivity contribution in [2.45, 2.75) is 13.3 Å². The minimum Gasteiger partial charge on any atom is -0.378 e. The van der Waals surface area contributed by atoms with Gasteiger partial charge in [0.2, 0.25) is 5.91 Å². The number of rotatable bonds is 4. The molecule has 0 radical (unpaired) electrons. The molecule has 25 heavy (non-hydrogen) atoms. The summed E-state index contributed by atoms with van der Waals surface area (Å²) in [4.78, 5) is 30.4. The maximum atomic E-state index is 14.5. The molecule has 8 heteroatoms. The van der Waals surface area contributed by atoms with Gasteiger partial charge in [-0.2, -0.15) is 0 Å². The van der Waals surface area contributed by atoms with E-state index in [0.29, 0.717) is 37.7 Å². The number of benzene rings is 1. The number of aromatic nitrogens is 2. The average molecular weight is 346 g/mol. The van der Waals surface area contributed by atoms with Crippen LogP contribution in [0.2, 0.25) is 0 Å². The molecule has 0 spiro atoms. The molecule has 0 aliphatic carbocycles. The van der Waals surface area contributed by atoms with E-state index in [9.17, 15) is 14.0 Å². The quantitative estimate of drug-likeness (QED) is 0.873. The van der Waals surface area contributed by atoms with Gasteiger partial charge in [0, 0.05) is 19.2 Å². The minimum absolute atomic E-state index is 0.0577. The molecule has 7 nitrogen and oxygen atoms in total. The lowest BCUT2D eigenvalue weighted by Crippen LogP contribution is -2.38. The first-order valence-electron chi connectivity index (χ1n) is 7.97. The second kappa shape index (κ2) is 7.02. The zero-order valence-corrected chi connectivity index (χ0v) is 13.9. The Bertz CT molecular complexity index is 859. The summed E-state index contributed by atoms with van der Waals surface area (Å²) in [6.07, 6.45) is -0.263. The van der Waals surface area contributed by atoms with Crippen LogP contribution in [0.1, 0.15) is 11.4 Å². The number of anilines is 1. The van der Waals surface area contributed by atoms with Crippen molar-refractivity contribution in [2.75, 3.05) is 31.2 Å². The van der Waals surface area contributed by atoms with Crippen LogP contribution >= 0.6 is 0 Å². The highest BCUT2D eigenvalue weighted by atomic mass is 19.1. The minimum atomic E-state index is -0.646. The van der Waals surface area contributed by atoms with E-state index in [0.717, 1.165) is 4.57 Å². The molecule has 1 saturated heterocycles. The summed E-state index contributed by atoms with van der Waals surface area (Å²) < 4.78 is 20.9. The number of nitrogens with two attached hydrogens (primary N) is 1. The molecule has 0 saturated carbocycles. The third-order valence-electron chi connectivity index (χ3n) is 4.05. The summed E-state index contributed by atoms with van der Waals surface area (Å²) >= 11 is 0. The molecule has 1 fully saturated rings. The maximum Gasteiger partial charge on any atom is 0.260 e. The van der Waals surface area contributed by atoms with Crippen LogP contribution in [-0.4, -0.2) is 41.8 Å². The Morgan fingerprint density at radius 1 is 1.36 bits per heavy atom. The number of primary amides is 1. The summed E-state index contributed by atoms with van der Waals surface area (Å²) in [5.41, 5.74) is 5.29. The zero-order chi connectivity index (χ0) is 18.0. The number of hydrogen-bond acceptors (Lipinski definition) is 5. The van der Waals surface area contributed by atoms with Gasteiger partial charge in [0.1, 0.15) is 17.5 Å². The molecule has 3 rings (SSSR count). The van der Waals surface area contributed by atoms with E-state index in [1.807, 2.05) is 4.90 Å². The summed E-state index contributed by atoms with van der Waals surface area (Å²) in [7, 11) is 0. The van der Waals surface area contributed by atoms with Crippen molar-refractivity contribution in [3.8, 4) is 5.69 Å². The topological polar surface area (TPSA) is 90.4 Å². The fraction of sp³-hybridized carbons (Fsp3) is 0.353. The largest absolute Gasteiger partial charge is 0.378 e. The molecule has 0 atom stereocenters. The second-order valence-electron chi connectivity index (χ2n) is 5.85. The first kappa shape index (κ1) is 17.1. The molecule has 2 N–H and O–H groups in total. The third kappa shape index (κ3) is 3.53. The van der Waals surface area contributed by atoms with Crippen LogP contribution in [0.15, 0.2) is 29.1 Å². The fourth-order valence-corrected chi connectivity index (χ4v) is 2.81. The van der Waals surface area contributed by atoms with Crippen molar-refractivity contribution in [2.24, 2.45) is 5.73 Å².